The topological polar surface area (TPSA) is 134 Å². The summed E-state index contributed by atoms with van der Waals surface area (Å²) in [6.07, 6.45) is 51.0. The normalized spacial score (nSPS) is 13.8. The second-order valence-electron chi connectivity index (χ2n) is 14.9. The van der Waals surface area contributed by atoms with Gasteiger partial charge in [0.05, 0.1) is 13.2 Å². The fourth-order valence-electron chi connectivity index (χ4n) is 5.96. The second-order valence-corrected chi connectivity index (χ2v) is 16.4. The molecule has 0 fully saturated rings. The number of allylic oxidation sites excluding steroid dienone is 10. The van der Waals surface area contributed by atoms with Crippen LogP contribution < -0.4 is 5.73 Å². The minimum absolute atomic E-state index is 0.0450. The van der Waals surface area contributed by atoms with Gasteiger partial charge in [-0.25, -0.2) is 4.57 Å². The largest absolute Gasteiger partial charge is 0.472 e. The first-order valence-corrected chi connectivity index (χ1v) is 24.3. The average molecular weight is 822 g/mol. The van der Waals surface area contributed by atoms with E-state index in [2.05, 4.69) is 74.6 Å². The van der Waals surface area contributed by atoms with Crippen LogP contribution in [0.4, 0.5) is 0 Å². The number of hydrogen-bond donors (Lipinski definition) is 2. The molecule has 0 amide bonds. The first kappa shape index (κ1) is 54.7. The van der Waals surface area contributed by atoms with Gasteiger partial charge in [-0.15, -0.1) is 0 Å². The lowest BCUT2D eigenvalue weighted by Crippen LogP contribution is -2.29. The molecule has 0 radical (unpaired) electrons. The van der Waals surface area contributed by atoms with Crippen molar-refractivity contribution in [1.29, 1.82) is 0 Å². The maximum absolute atomic E-state index is 12.6. The zero-order valence-corrected chi connectivity index (χ0v) is 37.2. The van der Waals surface area contributed by atoms with Crippen molar-refractivity contribution in [2.24, 2.45) is 5.73 Å². The molecule has 0 saturated carbocycles. The first-order valence-electron chi connectivity index (χ1n) is 22.8. The number of esters is 2. The molecule has 2 atom stereocenters. The molecule has 1 unspecified atom stereocenters. The van der Waals surface area contributed by atoms with E-state index in [0.29, 0.717) is 6.42 Å². The predicted molar refractivity (Wildman–Crippen MR) is 238 cm³/mol. The molecule has 0 aromatic heterocycles. The molecule has 0 aliphatic carbocycles. The second kappa shape index (κ2) is 43.3. The van der Waals surface area contributed by atoms with Crippen molar-refractivity contribution < 1.29 is 37.6 Å². The molecular formula is C47H84NO8P. The van der Waals surface area contributed by atoms with Gasteiger partial charge in [0.25, 0.3) is 0 Å². The van der Waals surface area contributed by atoms with Crippen LogP contribution in [0.2, 0.25) is 0 Å². The van der Waals surface area contributed by atoms with Gasteiger partial charge < -0.3 is 20.1 Å². The quantitative estimate of drug-likeness (QED) is 0.0267. The van der Waals surface area contributed by atoms with Crippen LogP contribution >= 0.6 is 7.82 Å². The number of nitrogens with two attached hydrogens (primary N) is 1. The Morgan fingerprint density at radius 2 is 0.912 bits per heavy atom. The Labute approximate surface area is 349 Å². The van der Waals surface area contributed by atoms with Crippen LogP contribution in [0.3, 0.4) is 0 Å². The van der Waals surface area contributed by atoms with Gasteiger partial charge in [-0.2, -0.15) is 0 Å². The smallest absolute Gasteiger partial charge is 0.462 e. The number of carbonyl (C=O) groups is 2. The minimum atomic E-state index is -4.39. The number of ether oxygens (including phenoxy) is 2. The summed E-state index contributed by atoms with van der Waals surface area (Å²) in [6.45, 7) is 3.66. The summed E-state index contributed by atoms with van der Waals surface area (Å²) in [7, 11) is -4.39. The number of hydrogen-bond acceptors (Lipinski definition) is 8. The zero-order valence-electron chi connectivity index (χ0n) is 36.3. The van der Waals surface area contributed by atoms with Crippen molar-refractivity contribution in [3.8, 4) is 0 Å². The van der Waals surface area contributed by atoms with Crippen molar-refractivity contribution >= 4 is 19.8 Å². The molecule has 3 N–H and O–H groups in total. The Balaban J connectivity index is 4.21. The van der Waals surface area contributed by atoms with Gasteiger partial charge in [-0.1, -0.05) is 158 Å². The van der Waals surface area contributed by atoms with Gasteiger partial charge in [0.1, 0.15) is 6.61 Å². The number of phosphoric acid groups is 1. The molecular weight excluding hydrogens is 737 g/mol. The molecule has 0 aromatic rings. The van der Waals surface area contributed by atoms with Gasteiger partial charge in [0.2, 0.25) is 0 Å². The molecule has 0 spiro atoms. The van der Waals surface area contributed by atoms with E-state index in [9.17, 15) is 19.0 Å². The third-order valence-electron chi connectivity index (χ3n) is 9.38. The lowest BCUT2D eigenvalue weighted by Gasteiger charge is -2.19. The van der Waals surface area contributed by atoms with E-state index in [1.54, 1.807) is 0 Å². The zero-order chi connectivity index (χ0) is 41.8. The van der Waals surface area contributed by atoms with Gasteiger partial charge >= 0.3 is 19.8 Å². The number of phosphoric ester groups is 1. The monoisotopic (exact) mass is 822 g/mol. The third kappa shape index (κ3) is 43.1. The fourth-order valence-corrected chi connectivity index (χ4v) is 6.73. The van der Waals surface area contributed by atoms with E-state index in [4.69, 9.17) is 24.3 Å². The number of rotatable bonds is 42. The Morgan fingerprint density at radius 3 is 1.42 bits per heavy atom. The van der Waals surface area contributed by atoms with Crippen molar-refractivity contribution in [1.82, 2.24) is 0 Å². The molecule has 0 bridgehead atoms. The Kier molecular flexibility index (Phi) is 41.6. The maximum Gasteiger partial charge on any atom is 0.472 e. The SMILES string of the molecule is CCCCC/C=C/C/C=C/C/C=C/C/C=C/CCCCCC(=O)O[C@H](COC(=O)CCCCCCCCC/C=C/CCCCCCCC)COP(=O)(O)OCCN. The highest BCUT2D eigenvalue weighted by Gasteiger charge is 2.26. The van der Waals surface area contributed by atoms with E-state index in [-0.39, 0.29) is 32.6 Å². The van der Waals surface area contributed by atoms with Gasteiger partial charge in [-0.3, -0.25) is 18.6 Å². The van der Waals surface area contributed by atoms with Crippen LogP contribution in [0.1, 0.15) is 194 Å². The number of carbonyl (C=O) groups excluding carboxylic acids is 2. The summed E-state index contributed by atoms with van der Waals surface area (Å²) in [5, 5.41) is 0. The highest BCUT2D eigenvalue weighted by molar-refractivity contribution is 7.47. The molecule has 9 nitrogen and oxygen atoms in total. The van der Waals surface area contributed by atoms with Crippen LogP contribution in [0.5, 0.6) is 0 Å². The average Bonchev–Trinajstić information content (AvgIpc) is 3.20. The van der Waals surface area contributed by atoms with Gasteiger partial charge in [-0.05, 0) is 83.5 Å². The standard InChI is InChI=1S/C47H84NO8P/c1-3-5-7-9-11-13-15-17-19-21-22-24-26-28-30-32-34-36-38-40-47(50)56-45(44-55-57(51,52)54-42-41-48)43-53-46(49)39-37-35-33-31-29-27-25-23-20-18-16-14-12-10-8-6-4-2/h11,13,17-20,22,24,28,30,45H,3-10,12,14-16,21,23,25-27,29,31-44,48H2,1-2H3,(H,51,52)/b13-11+,19-17+,20-18+,24-22+,30-28+/t45-/m1/s1. The van der Waals surface area contributed by atoms with Gasteiger partial charge in [0.15, 0.2) is 6.10 Å². The summed E-state index contributed by atoms with van der Waals surface area (Å²) < 4.78 is 32.8. The Morgan fingerprint density at radius 1 is 0.526 bits per heavy atom. The van der Waals surface area contributed by atoms with E-state index >= 15 is 0 Å². The molecule has 0 saturated heterocycles. The molecule has 57 heavy (non-hydrogen) atoms. The summed E-state index contributed by atoms with van der Waals surface area (Å²) in [5.41, 5.74) is 5.35. The molecule has 0 rings (SSSR count). The van der Waals surface area contributed by atoms with Crippen molar-refractivity contribution in [2.75, 3.05) is 26.4 Å². The van der Waals surface area contributed by atoms with Crippen LogP contribution in [0, 0.1) is 0 Å². The number of unbranched alkanes of at least 4 members (excludes halogenated alkanes) is 19. The Hall–Kier alpha value is -2.29. The lowest BCUT2D eigenvalue weighted by atomic mass is 10.1. The van der Waals surface area contributed by atoms with E-state index in [1.807, 2.05) is 0 Å². The minimum Gasteiger partial charge on any atom is -0.462 e. The van der Waals surface area contributed by atoms with Crippen molar-refractivity contribution in [3.63, 3.8) is 0 Å². The predicted octanol–water partition coefficient (Wildman–Crippen LogP) is 13.3. The van der Waals surface area contributed by atoms with Crippen molar-refractivity contribution in [3.05, 3.63) is 60.8 Å². The van der Waals surface area contributed by atoms with Crippen LogP contribution in [0.25, 0.3) is 0 Å². The summed E-state index contributed by atoms with van der Waals surface area (Å²) in [6, 6.07) is 0. The summed E-state index contributed by atoms with van der Waals surface area (Å²) >= 11 is 0. The molecule has 330 valence electrons. The van der Waals surface area contributed by atoms with Crippen LogP contribution in [-0.4, -0.2) is 49.3 Å². The van der Waals surface area contributed by atoms with Gasteiger partial charge in [0, 0.05) is 19.4 Å². The Bertz CT molecular complexity index is 1120. The van der Waals surface area contributed by atoms with E-state index < -0.39 is 32.5 Å². The van der Waals surface area contributed by atoms with Crippen LogP contribution in [0.15, 0.2) is 60.8 Å². The van der Waals surface area contributed by atoms with Crippen LogP contribution in [-0.2, 0) is 32.7 Å². The maximum atomic E-state index is 12.6. The highest BCUT2D eigenvalue weighted by Crippen LogP contribution is 2.43. The molecule has 10 heteroatoms. The van der Waals surface area contributed by atoms with E-state index in [0.717, 1.165) is 70.6 Å². The third-order valence-corrected chi connectivity index (χ3v) is 10.4. The first-order chi connectivity index (χ1) is 27.8. The molecule has 0 aromatic carbocycles. The summed E-state index contributed by atoms with van der Waals surface area (Å²) in [4.78, 5) is 34.9. The van der Waals surface area contributed by atoms with Crippen molar-refractivity contribution in [2.45, 2.75) is 200 Å². The van der Waals surface area contributed by atoms with E-state index in [1.165, 1.54) is 89.9 Å². The molecule has 0 heterocycles. The summed E-state index contributed by atoms with van der Waals surface area (Å²) in [5.74, 6) is -0.871. The highest BCUT2D eigenvalue weighted by atomic mass is 31.2. The lowest BCUT2D eigenvalue weighted by molar-refractivity contribution is -0.161. The fraction of sp³-hybridized carbons (Fsp3) is 0.745. The molecule has 0 aliphatic heterocycles. The molecule has 0 aliphatic rings.